The van der Waals surface area contributed by atoms with Gasteiger partial charge in [-0.2, -0.15) is 0 Å². The van der Waals surface area contributed by atoms with Crippen LogP contribution in [-0.4, -0.2) is 30.0 Å². The van der Waals surface area contributed by atoms with Crippen LogP contribution in [0.25, 0.3) is 5.65 Å². The SMILES string of the molecule is CCOC(=O)c1cnc2ccc(C#C[Si](C)(C)C)cn12. The fraction of sp³-hybridized carbons (Fsp3) is 0.333. The van der Waals surface area contributed by atoms with Crippen LogP contribution in [0, 0.1) is 11.5 Å². The molecule has 104 valence electrons. The summed E-state index contributed by atoms with van der Waals surface area (Å²) in [5, 5.41) is 0. The van der Waals surface area contributed by atoms with Crippen LogP contribution >= 0.6 is 0 Å². The van der Waals surface area contributed by atoms with Crippen molar-refractivity contribution in [2.45, 2.75) is 26.6 Å². The van der Waals surface area contributed by atoms with E-state index in [0.717, 1.165) is 5.56 Å². The van der Waals surface area contributed by atoms with E-state index in [2.05, 4.69) is 36.1 Å². The minimum Gasteiger partial charge on any atom is -0.461 e. The van der Waals surface area contributed by atoms with E-state index >= 15 is 0 Å². The van der Waals surface area contributed by atoms with Crippen LogP contribution in [0.5, 0.6) is 0 Å². The van der Waals surface area contributed by atoms with Crippen LogP contribution in [0.3, 0.4) is 0 Å². The molecule has 2 heterocycles. The van der Waals surface area contributed by atoms with Crippen LogP contribution in [0.2, 0.25) is 19.6 Å². The number of hydrogen-bond acceptors (Lipinski definition) is 3. The second-order valence-corrected chi connectivity index (χ2v) is 10.3. The zero-order valence-corrected chi connectivity index (χ0v) is 13.2. The fourth-order valence-electron chi connectivity index (χ4n) is 1.67. The minimum absolute atomic E-state index is 0.348. The van der Waals surface area contributed by atoms with Crippen molar-refractivity contribution in [3.63, 3.8) is 0 Å². The van der Waals surface area contributed by atoms with Crippen molar-refractivity contribution in [3.05, 3.63) is 35.8 Å². The van der Waals surface area contributed by atoms with Crippen molar-refractivity contribution in [3.8, 4) is 11.5 Å². The van der Waals surface area contributed by atoms with E-state index in [1.54, 1.807) is 11.3 Å². The molecule has 5 heteroatoms. The van der Waals surface area contributed by atoms with Crippen LogP contribution in [0.4, 0.5) is 0 Å². The second kappa shape index (κ2) is 5.51. The molecule has 0 bridgehead atoms. The van der Waals surface area contributed by atoms with Gasteiger partial charge < -0.3 is 4.74 Å². The topological polar surface area (TPSA) is 43.6 Å². The van der Waals surface area contributed by atoms with Gasteiger partial charge in [0.1, 0.15) is 13.7 Å². The van der Waals surface area contributed by atoms with E-state index in [0.29, 0.717) is 17.9 Å². The van der Waals surface area contributed by atoms with Crippen molar-refractivity contribution >= 4 is 19.7 Å². The maximum Gasteiger partial charge on any atom is 0.356 e. The highest BCUT2D eigenvalue weighted by Gasteiger charge is 2.13. The molecule has 0 radical (unpaired) electrons. The Hall–Kier alpha value is -2.06. The molecule has 0 saturated heterocycles. The molecule has 0 aromatic carbocycles. The Kier molecular flexibility index (Phi) is 3.95. The zero-order chi connectivity index (χ0) is 14.8. The third-order valence-electron chi connectivity index (χ3n) is 2.57. The van der Waals surface area contributed by atoms with E-state index in [1.165, 1.54) is 6.20 Å². The number of nitrogens with zero attached hydrogens (tertiary/aromatic N) is 2. The number of carbonyl (C=O) groups excluding carboxylic acids is 1. The first kappa shape index (κ1) is 14.3. The van der Waals surface area contributed by atoms with Crippen LogP contribution in [0.1, 0.15) is 23.0 Å². The van der Waals surface area contributed by atoms with Gasteiger partial charge in [0.25, 0.3) is 0 Å². The van der Waals surface area contributed by atoms with Crippen LogP contribution < -0.4 is 0 Å². The highest BCUT2D eigenvalue weighted by molar-refractivity contribution is 6.83. The average molecular weight is 286 g/mol. The summed E-state index contributed by atoms with van der Waals surface area (Å²) in [5.74, 6) is 2.81. The molecule has 0 spiro atoms. The normalized spacial score (nSPS) is 11.0. The quantitative estimate of drug-likeness (QED) is 0.484. The fourth-order valence-corrected chi connectivity index (χ4v) is 2.19. The highest BCUT2D eigenvalue weighted by Crippen LogP contribution is 2.10. The first-order chi connectivity index (χ1) is 9.40. The lowest BCUT2D eigenvalue weighted by molar-refractivity contribution is 0.0518. The van der Waals surface area contributed by atoms with Gasteiger partial charge >= 0.3 is 5.97 Å². The Balaban J connectivity index is 2.44. The van der Waals surface area contributed by atoms with Crippen LogP contribution in [-0.2, 0) is 4.74 Å². The third kappa shape index (κ3) is 3.28. The summed E-state index contributed by atoms with van der Waals surface area (Å²) in [6, 6.07) is 3.78. The molecule has 0 amide bonds. The smallest absolute Gasteiger partial charge is 0.356 e. The van der Waals surface area contributed by atoms with E-state index in [9.17, 15) is 4.79 Å². The van der Waals surface area contributed by atoms with Gasteiger partial charge in [-0.15, -0.1) is 5.54 Å². The molecule has 2 aromatic rings. The number of ether oxygens (including phenoxy) is 1. The van der Waals surface area contributed by atoms with E-state index < -0.39 is 8.07 Å². The Morgan fingerprint density at radius 3 is 2.80 bits per heavy atom. The largest absolute Gasteiger partial charge is 0.461 e. The van der Waals surface area contributed by atoms with Crippen molar-refractivity contribution in [1.29, 1.82) is 0 Å². The maximum absolute atomic E-state index is 11.8. The highest BCUT2D eigenvalue weighted by atomic mass is 28.3. The molecular formula is C15H18N2O2Si. The molecule has 4 nitrogen and oxygen atoms in total. The van der Waals surface area contributed by atoms with E-state index in [1.807, 2.05) is 18.3 Å². The molecule has 0 unspecified atom stereocenters. The van der Waals surface area contributed by atoms with Gasteiger partial charge in [-0.3, -0.25) is 4.40 Å². The maximum atomic E-state index is 11.8. The monoisotopic (exact) mass is 286 g/mol. The molecule has 2 aromatic heterocycles. The molecule has 0 aliphatic heterocycles. The first-order valence-corrected chi connectivity index (χ1v) is 10.1. The number of rotatable bonds is 2. The minimum atomic E-state index is -1.42. The summed E-state index contributed by atoms with van der Waals surface area (Å²) in [6.07, 6.45) is 3.37. The molecule has 0 fully saturated rings. The van der Waals surface area contributed by atoms with Gasteiger partial charge in [-0.1, -0.05) is 25.6 Å². The van der Waals surface area contributed by atoms with Crippen molar-refractivity contribution < 1.29 is 9.53 Å². The number of pyridine rings is 1. The predicted molar refractivity (Wildman–Crippen MR) is 81.4 cm³/mol. The summed E-state index contributed by atoms with van der Waals surface area (Å²) < 4.78 is 6.75. The summed E-state index contributed by atoms with van der Waals surface area (Å²) in [6.45, 7) is 8.71. The Bertz CT molecular complexity index is 702. The van der Waals surface area contributed by atoms with Gasteiger partial charge in [0.15, 0.2) is 5.69 Å². The molecule has 0 aliphatic rings. The number of esters is 1. The number of hydrogen-bond donors (Lipinski definition) is 0. The Morgan fingerprint density at radius 2 is 2.15 bits per heavy atom. The summed E-state index contributed by atoms with van der Waals surface area (Å²) in [4.78, 5) is 16.0. The molecule has 20 heavy (non-hydrogen) atoms. The molecule has 0 atom stereocenters. The zero-order valence-electron chi connectivity index (χ0n) is 12.2. The summed E-state index contributed by atoms with van der Waals surface area (Å²) in [5.41, 5.74) is 5.33. The standard InChI is InChI=1S/C15H18N2O2Si/c1-5-19-15(18)13-10-16-14-7-6-12(11-17(13)14)8-9-20(2,3)4/h6-7,10-11H,5H2,1-4H3. The van der Waals surface area contributed by atoms with Crippen molar-refractivity contribution in [2.75, 3.05) is 6.61 Å². The third-order valence-corrected chi connectivity index (χ3v) is 3.45. The van der Waals surface area contributed by atoms with Crippen molar-refractivity contribution in [1.82, 2.24) is 9.38 Å². The summed E-state index contributed by atoms with van der Waals surface area (Å²) >= 11 is 0. The molecular weight excluding hydrogens is 268 g/mol. The lowest BCUT2D eigenvalue weighted by Gasteiger charge is -2.04. The number of imidazole rings is 1. The van der Waals surface area contributed by atoms with Gasteiger partial charge in [0.05, 0.1) is 12.8 Å². The van der Waals surface area contributed by atoms with E-state index in [-0.39, 0.29) is 5.97 Å². The molecule has 0 saturated carbocycles. The van der Waals surface area contributed by atoms with Gasteiger partial charge in [-0.05, 0) is 19.1 Å². The van der Waals surface area contributed by atoms with E-state index in [4.69, 9.17) is 4.74 Å². The predicted octanol–water partition coefficient (Wildman–Crippen LogP) is 2.74. The number of fused-ring (bicyclic) bond motifs is 1. The molecule has 0 N–H and O–H groups in total. The first-order valence-electron chi connectivity index (χ1n) is 6.58. The lowest BCUT2D eigenvalue weighted by Crippen LogP contribution is -2.16. The summed E-state index contributed by atoms with van der Waals surface area (Å²) in [7, 11) is -1.42. The van der Waals surface area contributed by atoms with Crippen LogP contribution in [0.15, 0.2) is 24.5 Å². The molecule has 0 aliphatic carbocycles. The van der Waals surface area contributed by atoms with Gasteiger partial charge in [-0.25, -0.2) is 9.78 Å². The average Bonchev–Trinajstić information content (AvgIpc) is 2.78. The van der Waals surface area contributed by atoms with Crippen molar-refractivity contribution in [2.24, 2.45) is 0 Å². The molecule has 2 rings (SSSR count). The van der Waals surface area contributed by atoms with Gasteiger partial charge in [0, 0.05) is 11.8 Å². The number of aromatic nitrogens is 2. The second-order valence-electron chi connectivity index (χ2n) is 5.51. The van der Waals surface area contributed by atoms with Gasteiger partial charge in [0.2, 0.25) is 0 Å². The lowest BCUT2D eigenvalue weighted by atomic mass is 10.3. The Labute approximate surface area is 119 Å². The number of carbonyl (C=O) groups is 1. The Morgan fingerprint density at radius 1 is 1.40 bits per heavy atom.